The molecule has 1 aliphatic carbocycles. The van der Waals surface area contributed by atoms with Gasteiger partial charge in [-0.25, -0.2) is 8.78 Å². The molecule has 1 aliphatic rings. The van der Waals surface area contributed by atoms with Crippen LogP contribution in [0.5, 0.6) is 0 Å². The van der Waals surface area contributed by atoms with Crippen LogP contribution in [0.15, 0.2) is 53.1 Å². The van der Waals surface area contributed by atoms with Crippen LogP contribution in [0.25, 0.3) is 17.0 Å². The average Bonchev–Trinajstić information content (AvgIpc) is 3.22. The van der Waals surface area contributed by atoms with Crippen molar-refractivity contribution in [2.45, 2.75) is 44.1 Å². The summed E-state index contributed by atoms with van der Waals surface area (Å²) >= 11 is 3.13. The number of hydrogen-bond donors (Lipinski definition) is 3. The van der Waals surface area contributed by atoms with E-state index in [9.17, 15) is 18.4 Å². The summed E-state index contributed by atoms with van der Waals surface area (Å²) < 4.78 is 27.4. The maximum atomic E-state index is 13.6. The second kappa shape index (κ2) is 10.5. The van der Waals surface area contributed by atoms with Crippen molar-refractivity contribution in [3.05, 3.63) is 75.9 Å². The molecule has 34 heavy (non-hydrogen) atoms. The van der Waals surface area contributed by atoms with Crippen molar-refractivity contribution >= 4 is 44.7 Å². The normalized spacial score (nSPS) is 15.5. The van der Waals surface area contributed by atoms with Crippen LogP contribution in [-0.4, -0.2) is 28.9 Å². The first kappa shape index (κ1) is 24.1. The molecule has 0 atom stereocenters. The highest BCUT2D eigenvalue weighted by Crippen LogP contribution is 2.29. The summed E-state index contributed by atoms with van der Waals surface area (Å²) in [5.41, 5.74) is 1.47. The zero-order valence-corrected chi connectivity index (χ0v) is 20.2. The molecule has 3 aromatic rings. The Morgan fingerprint density at radius 1 is 1.09 bits per heavy atom. The Kier molecular flexibility index (Phi) is 7.46. The highest BCUT2D eigenvalue weighted by atomic mass is 79.9. The number of carbonyl (C=O) groups is 2. The van der Waals surface area contributed by atoms with Gasteiger partial charge in [-0.3, -0.25) is 9.59 Å². The molecule has 178 valence electrons. The summed E-state index contributed by atoms with van der Waals surface area (Å²) in [6.45, 7) is 0.374. The van der Waals surface area contributed by atoms with Gasteiger partial charge in [-0.05, 0) is 82.7 Å². The molecule has 1 heterocycles. The fourth-order valence-electron chi connectivity index (χ4n) is 4.47. The Bertz CT molecular complexity index is 1230. The molecule has 4 rings (SSSR count). The van der Waals surface area contributed by atoms with Crippen molar-refractivity contribution in [1.29, 1.82) is 0 Å². The van der Waals surface area contributed by atoms with Crippen LogP contribution in [0.1, 0.15) is 43.2 Å². The van der Waals surface area contributed by atoms with Crippen molar-refractivity contribution < 1.29 is 18.4 Å². The largest absolute Gasteiger partial charge is 0.361 e. The number of aromatic nitrogens is 1. The van der Waals surface area contributed by atoms with E-state index in [0.717, 1.165) is 35.7 Å². The summed E-state index contributed by atoms with van der Waals surface area (Å²) in [4.78, 5) is 29.0. The number of halogens is 3. The summed E-state index contributed by atoms with van der Waals surface area (Å²) in [6.07, 6.45) is 9.18. The van der Waals surface area contributed by atoms with E-state index in [1.165, 1.54) is 24.3 Å². The van der Waals surface area contributed by atoms with Crippen LogP contribution in [-0.2, 0) is 16.0 Å². The second-order valence-corrected chi connectivity index (χ2v) is 9.50. The maximum absolute atomic E-state index is 13.6. The lowest BCUT2D eigenvalue weighted by molar-refractivity contribution is -0.133. The van der Waals surface area contributed by atoms with Crippen LogP contribution in [0.3, 0.4) is 0 Å². The minimum atomic E-state index is -0.963. The van der Waals surface area contributed by atoms with E-state index in [1.807, 2.05) is 6.20 Å². The van der Waals surface area contributed by atoms with Crippen LogP contribution in [0.4, 0.5) is 8.78 Å². The average molecular weight is 530 g/mol. The molecule has 0 spiro atoms. The van der Waals surface area contributed by atoms with Gasteiger partial charge in [0.2, 0.25) is 11.8 Å². The lowest BCUT2D eigenvalue weighted by atomic mass is 9.80. The molecule has 2 aromatic carbocycles. The fraction of sp³-hybridized carbons (Fsp3) is 0.308. The van der Waals surface area contributed by atoms with Crippen molar-refractivity contribution in [2.24, 2.45) is 0 Å². The van der Waals surface area contributed by atoms with Gasteiger partial charge in [0.25, 0.3) is 0 Å². The standard InChI is InChI=1S/C26H26BrF2N3O2/c27-21-14-17(4-7-22(21)29)5-9-24(33)32-26(11-2-1-3-12-26)25(34)30-13-10-18-16-31-23-8-6-19(28)15-20(18)23/h4-9,14-16,31H,1-3,10-13H2,(H,30,34)(H,32,33)/b9-5+. The van der Waals surface area contributed by atoms with Crippen LogP contribution in [0.2, 0.25) is 0 Å². The third-order valence-corrected chi connectivity index (χ3v) is 6.89. The highest BCUT2D eigenvalue weighted by molar-refractivity contribution is 9.10. The smallest absolute Gasteiger partial charge is 0.245 e. The third kappa shape index (κ3) is 5.55. The number of rotatable bonds is 7. The maximum Gasteiger partial charge on any atom is 0.245 e. The van der Waals surface area contributed by atoms with E-state index < -0.39 is 5.54 Å². The number of benzene rings is 2. The minimum Gasteiger partial charge on any atom is -0.361 e. The Labute approximate surface area is 205 Å². The molecule has 2 amide bonds. The van der Waals surface area contributed by atoms with Crippen LogP contribution in [0, 0.1) is 11.6 Å². The van der Waals surface area contributed by atoms with Crippen molar-refractivity contribution in [3.8, 4) is 0 Å². The monoisotopic (exact) mass is 529 g/mol. The number of carbonyl (C=O) groups excluding carboxylic acids is 2. The topological polar surface area (TPSA) is 74.0 Å². The Morgan fingerprint density at radius 2 is 1.88 bits per heavy atom. The number of H-pyrrole nitrogens is 1. The molecule has 1 fully saturated rings. The summed E-state index contributed by atoms with van der Waals surface area (Å²) in [6, 6.07) is 9.06. The molecule has 0 saturated heterocycles. The summed E-state index contributed by atoms with van der Waals surface area (Å²) in [5, 5.41) is 6.70. The lowest BCUT2D eigenvalue weighted by Gasteiger charge is -2.36. The van der Waals surface area contributed by atoms with E-state index in [1.54, 1.807) is 24.3 Å². The number of nitrogens with one attached hydrogen (secondary N) is 3. The fourth-order valence-corrected chi connectivity index (χ4v) is 4.86. The molecule has 0 unspecified atom stereocenters. The molecule has 3 N–H and O–H groups in total. The molecule has 1 aromatic heterocycles. The van der Waals surface area contributed by atoms with E-state index in [4.69, 9.17) is 0 Å². The van der Waals surface area contributed by atoms with Crippen LogP contribution < -0.4 is 10.6 Å². The minimum absolute atomic E-state index is 0.204. The van der Waals surface area contributed by atoms with Gasteiger partial charge in [0.15, 0.2) is 0 Å². The molecular weight excluding hydrogens is 504 g/mol. The van der Waals surface area contributed by atoms with E-state index >= 15 is 0 Å². The number of fused-ring (bicyclic) bond motifs is 1. The first-order valence-corrected chi connectivity index (χ1v) is 12.1. The van der Waals surface area contributed by atoms with E-state index in [0.29, 0.717) is 35.8 Å². The molecule has 8 heteroatoms. The Morgan fingerprint density at radius 3 is 2.65 bits per heavy atom. The molecule has 0 radical (unpaired) electrons. The number of hydrogen-bond acceptors (Lipinski definition) is 2. The van der Waals surface area contributed by atoms with E-state index in [-0.39, 0.29) is 23.4 Å². The zero-order valence-electron chi connectivity index (χ0n) is 18.6. The van der Waals surface area contributed by atoms with Gasteiger partial charge in [0.05, 0.1) is 4.47 Å². The first-order chi connectivity index (χ1) is 16.4. The van der Waals surface area contributed by atoms with Gasteiger partial charge in [-0.15, -0.1) is 0 Å². The van der Waals surface area contributed by atoms with Crippen molar-refractivity contribution in [2.75, 3.05) is 6.54 Å². The molecule has 0 bridgehead atoms. The number of aromatic amines is 1. The Balaban J connectivity index is 1.40. The summed E-state index contributed by atoms with van der Waals surface area (Å²) in [7, 11) is 0. The van der Waals surface area contributed by atoms with Crippen molar-refractivity contribution in [3.63, 3.8) is 0 Å². The Hall–Kier alpha value is -3.00. The molecule has 5 nitrogen and oxygen atoms in total. The quantitative estimate of drug-likeness (QED) is 0.358. The second-order valence-electron chi connectivity index (χ2n) is 8.65. The van der Waals surface area contributed by atoms with Gasteiger partial charge >= 0.3 is 0 Å². The van der Waals surface area contributed by atoms with Crippen LogP contribution >= 0.6 is 15.9 Å². The molecular formula is C26H26BrF2N3O2. The first-order valence-electron chi connectivity index (χ1n) is 11.4. The molecule has 1 saturated carbocycles. The predicted octanol–water partition coefficient (Wildman–Crippen LogP) is 5.40. The number of amides is 2. The third-order valence-electron chi connectivity index (χ3n) is 6.28. The van der Waals surface area contributed by atoms with E-state index in [2.05, 4.69) is 31.5 Å². The molecule has 0 aliphatic heterocycles. The SMILES string of the molecule is O=C(/C=C/c1ccc(F)c(Br)c1)NC1(C(=O)NCCc2c[nH]c3ccc(F)cc23)CCCCC1. The van der Waals surface area contributed by atoms with Gasteiger partial charge < -0.3 is 15.6 Å². The zero-order chi connectivity index (χ0) is 24.1. The van der Waals surface area contributed by atoms with Gasteiger partial charge in [0.1, 0.15) is 17.2 Å². The van der Waals surface area contributed by atoms with Crippen molar-refractivity contribution in [1.82, 2.24) is 15.6 Å². The highest BCUT2D eigenvalue weighted by Gasteiger charge is 2.40. The predicted molar refractivity (Wildman–Crippen MR) is 132 cm³/mol. The van der Waals surface area contributed by atoms with Gasteiger partial charge in [-0.1, -0.05) is 25.3 Å². The van der Waals surface area contributed by atoms with Gasteiger partial charge in [0, 0.05) is 29.7 Å². The van der Waals surface area contributed by atoms with Gasteiger partial charge in [-0.2, -0.15) is 0 Å². The summed E-state index contributed by atoms with van der Waals surface area (Å²) in [5.74, 6) is -1.26. The lowest BCUT2D eigenvalue weighted by Crippen LogP contribution is -2.59.